The third kappa shape index (κ3) is 2.21. The minimum atomic E-state index is 0.158. The maximum Gasteiger partial charge on any atom is 0.130 e. The average molecular weight is 300 g/mol. The summed E-state index contributed by atoms with van der Waals surface area (Å²) in [5, 5.41) is 7.72. The van der Waals surface area contributed by atoms with Crippen LogP contribution in [0.5, 0.6) is 0 Å². The second-order valence-corrected chi connectivity index (χ2v) is 5.16. The first-order chi connectivity index (χ1) is 7.74. The monoisotopic (exact) mass is 299 g/mol. The Morgan fingerprint density at radius 2 is 2.38 bits per heavy atom. The van der Waals surface area contributed by atoms with Crippen molar-refractivity contribution in [1.82, 2.24) is 14.9 Å². The number of aromatic nitrogens is 2. The van der Waals surface area contributed by atoms with Gasteiger partial charge in [0, 0.05) is 34.9 Å². The lowest BCUT2D eigenvalue weighted by Gasteiger charge is -2.17. The van der Waals surface area contributed by atoms with Crippen molar-refractivity contribution in [2.75, 3.05) is 6.54 Å². The van der Waals surface area contributed by atoms with Crippen molar-refractivity contribution in [1.29, 1.82) is 0 Å². The van der Waals surface area contributed by atoms with Crippen molar-refractivity contribution in [3.8, 4) is 0 Å². The maximum atomic E-state index is 4.42. The quantitative estimate of drug-likeness (QED) is 0.941. The van der Waals surface area contributed by atoms with Crippen molar-refractivity contribution < 1.29 is 0 Å². The van der Waals surface area contributed by atoms with E-state index in [4.69, 9.17) is 0 Å². The van der Waals surface area contributed by atoms with Gasteiger partial charge in [-0.25, -0.2) is 4.98 Å². The second kappa shape index (κ2) is 5.12. The molecule has 1 N–H and O–H groups in total. The number of nitrogens with zero attached hydrogens (tertiary/aromatic N) is 2. The molecule has 0 radical (unpaired) electrons. The Bertz CT molecular complexity index is 423. The zero-order chi connectivity index (χ0) is 11.5. The molecule has 2 aromatic heterocycles. The fraction of sp³-hybridized carbons (Fsp3) is 0.364. The molecule has 0 aliphatic carbocycles. The lowest BCUT2D eigenvalue weighted by Crippen LogP contribution is -2.24. The van der Waals surface area contributed by atoms with Gasteiger partial charge in [0.15, 0.2) is 0 Å². The molecule has 0 spiro atoms. The van der Waals surface area contributed by atoms with Gasteiger partial charge in [-0.15, -0.1) is 0 Å². The predicted molar refractivity (Wildman–Crippen MR) is 70.7 cm³/mol. The molecule has 0 saturated heterocycles. The molecule has 5 heteroatoms. The largest absolute Gasteiger partial charge is 0.336 e. The van der Waals surface area contributed by atoms with Gasteiger partial charge in [0.1, 0.15) is 5.82 Å². The smallest absolute Gasteiger partial charge is 0.130 e. The first-order valence-electron chi connectivity index (χ1n) is 5.16. The Kier molecular flexibility index (Phi) is 3.78. The number of hydrogen-bond acceptors (Lipinski definition) is 3. The van der Waals surface area contributed by atoms with E-state index >= 15 is 0 Å². The zero-order valence-electron chi connectivity index (χ0n) is 9.27. The summed E-state index contributed by atoms with van der Waals surface area (Å²) >= 11 is 5.28. The van der Waals surface area contributed by atoms with Crippen molar-refractivity contribution >= 4 is 27.3 Å². The van der Waals surface area contributed by atoms with E-state index in [0.29, 0.717) is 0 Å². The van der Waals surface area contributed by atoms with Crippen molar-refractivity contribution in [3.63, 3.8) is 0 Å². The van der Waals surface area contributed by atoms with Crippen molar-refractivity contribution in [2.45, 2.75) is 13.0 Å². The summed E-state index contributed by atoms with van der Waals surface area (Å²) in [4.78, 5) is 4.42. The van der Waals surface area contributed by atoms with Gasteiger partial charge in [-0.3, -0.25) is 0 Å². The van der Waals surface area contributed by atoms with Crippen LogP contribution in [0.15, 0.2) is 27.6 Å². The highest BCUT2D eigenvalue weighted by atomic mass is 79.9. The summed E-state index contributed by atoms with van der Waals surface area (Å²) in [6.07, 6.45) is 3.81. The number of nitrogens with one attached hydrogen (secondary N) is 1. The lowest BCUT2D eigenvalue weighted by molar-refractivity contribution is 0.577. The van der Waals surface area contributed by atoms with Gasteiger partial charge in [0.2, 0.25) is 0 Å². The van der Waals surface area contributed by atoms with Gasteiger partial charge >= 0.3 is 0 Å². The van der Waals surface area contributed by atoms with E-state index in [1.54, 1.807) is 11.3 Å². The van der Waals surface area contributed by atoms with Crippen LogP contribution in [0.25, 0.3) is 0 Å². The summed E-state index contributed by atoms with van der Waals surface area (Å²) < 4.78 is 3.20. The topological polar surface area (TPSA) is 29.9 Å². The van der Waals surface area contributed by atoms with E-state index in [1.807, 2.05) is 19.4 Å². The highest BCUT2D eigenvalue weighted by Gasteiger charge is 2.19. The van der Waals surface area contributed by atoms with Crippen LogP contribution in [0.2, 0.25) is 0 Å². The number of hydrogen-bond donors (Lipinski definition) is 1. The molecule has 0 saturated carbocycles. The van der Waals surface area contributed by atoms with E-state index in [2.05, 4.69) is 48.5 Å². The molecule has 1 atom stereocenters. The molecule has 86 valence electrons. The average Bonchev–Trinajstić information content (AvgIpc) is 2.84. The Balaban J connectivity index is 2.39. The number of aryl methyl sites for hydroxylation is 1. The molecule has 2 rings (SSSR count). The molecule has 1 unspecified atom stereocenters. The van der Waals surface area contributed by atoms with Crippen molar-refractivity contribution in [2.24, 2.45) is 7.05 Å². The SMILES string of the molecule is CCNC(c1cscc1Br)c1nccn1C. The molecule has 0 aliphatic heterocycles. The normalized spacial score (nSPS) is 12.9. The van der Waals surface area contributed by atoms with Crippen LogP contribution >= 0.6 is 27.3 Å². The van der Waals surface area contributed by atoms with E-state index in [-0.39, 0.29) is 6.04 Å². The van der Waals surface area contributed by atoms with Gasteiger partial charge in [-0.05, 0) is 27.9 Å². The third-order valence-corrected chi connectivity index (χ3v) is 4.23. The Morgan fingerprint density at radius 1 is 1.56 bits per heavy atom. The predicted octanol–water partition coefficient (Wildman–Crippen LogP) is 2.94. The summed E-state index contributed by atoms with van der Waals surface area (Å²) in [5.74, 6) is 1.04. The molecular formula is C11H14BrN3S. The number of thiophene rings is 1. The molecular weight excluding hydrogens is 286 g/mol. The molecule has 2 heterocycles. The molecule has 3 nitrogen and oxygen atoms in total. The fourth-order valence-electron chi connectivity index (χ4n) is 1.70. The number of halogens is 1. The highest BCUT2D eigenvalue weighted by molar-refractivity contribution is 9.10. The summed E-state index contributed by atoms with van der Waals surface area (Å²) in [6, 6.07) is 0.158. The number of rotatable bonds is 4. The van der Waals surface area contributed by atoms with Gasteiger partial charge < -0.3 is 9.88 Å². The van der Waals surface area contributed by atoms with Crippen LogP contribution in [0.3, 0.4) is 0 Å². The summed E-state index contributed by atoms with van der Waals surface area (Å²) in [7, 11) is 2.02. The Morgan fingerprint density at radius 3 is 2.88 bits per heavy atom. The van der Waals surface area contributed by atoms with Gasteiger partial charge in [-0.2, -0.15) is 11.3 Å². The molecule has 2 aromatic rings. The van der Waals surface area contributed by atoms with E-state index in [9.17, 15) is 0 Å². The van der Waals surface area contributed by atoms with Gasteiger partial charge in [0.05, 0.1) is 6.04 Å². The third-order valence-electron chi connectivity index (χ3n) is 2.48. The first kappa shape index (κ1) is 11.8. The standard InChI is InChI=1S/C11H14BrN3S/c1-3-13-10(8-6-16-7-9(8)12)11-14-4-5-15(11)2/h4-7,10,13H,3H2,1-2H3. The molecule has 0 fully saturated rings. The zero-order valence-corrected chi connectivity index (χ0v) is 11.7. The van der Waals surface area contributed by atoms with Gasteiger partial charge in [-0.1, -0.05) is 6.92 Å². The minimum Gasteiger partial charge on any atom is -0.336 e. The molecule has 0 amide bonds. The van der Waals surface area contributed by atoms with Crippen LogP contribution in [0.1, 0.15) is 24.4 Å². The van der Waals surface area contributed by atoms with E-state index in [1.165, 1.54) is 5.56 Å². The minimum absolute atomic E-state index is 0.158. The maximum absolute atomic E-state index is 4.42. The molecule has 0 aromatic carbocycles. The van der Waals surface area contributed by atoms with Crippen LogP contribution in [0, 0.1) is 0 Å². The molecule has 16 heavy (non-hydrogen) atoms. The molecule has 0 bridgehead atoms. The fourth-order valence-corrected chi connectivity index (χ4v) is 3.25. The van der Waals surface area contributed by atoms with E-state index in [0.717, 1.165) is 16.8 Å². The van der Waals surface area contributed by atoms with Crippen LogP contribution in [-0.2, 0) is 7.05 Å². The summed E-state index contributed by atoms with van der Waals surface area (Å²) in [5.41, 5.74) is 1.25. The Labute approximate surface area is 108 Å². The Hall–Kier alpha value is -0.650. The van der Waals surface area contributed by atoms with Crippen molar-refractivity contribution in [3.05, 3.63) is 39.0 Å². The van der Waals surface area contributed by atoms with E-state index < -0.39 is 0 Å². The second-order valence-electron chi connectivity index (χ2n) is 3.56. The van der Waals surface area contributed by atoms with Crippen LogP contribution in [0.4, 0.5) is 0 Å². The number of imidazole rings is 1. The summed E-state index contributed by atoms with van der Waals surface area (Å²) in [6.45, 7) is 3.02. The lowest BCUT2D eigenvalue weighted by atomic mass is 10.1. The first-order valence-corrected chi connectivity index (χ1v) is 6.89. The van der Waals surface area contributed by atoms with Crippen LogP contribution < -0.4 is 5.32 Å². The van der Waals surface area contributed by atoms with Gasteiger partial charge in [0.25, 0.3) is 0 Å². The van der Waals surface area contributed by atoms with Crippen LogP contribution in [-0.4, -0.2) is 16.1 Å². The highest BCUT2D eigenvalue weighted by Crippen LogP contribution is 2.30. The molecule has 0 aliphatic rings.